The van der Waals surface area contributed by atoms with Crippen molar-refractivity contribution in [1.29, 1.82) is 0 Å². The minimum absolute atomic E-state index is 0.0131. The van der Waals surface area contributed by atoms with Crippen LogP contribution in [0.4, 0.5) is 0 Å². The molecule has 6 nitrogen and oxygen atoms in total. The van der Waals surface area contributed by atoms with Crippen molar-refractivity contribution in [3.05, 3.63) is 10.2 Å². The summed E-state index contributed by atoms with van der Waals surface area (Å²) in [6.45, 7) is 21.8. The third-order valence-corrected chi connectivity index (χ3v) is 13.2. The molecule has 0 saturated heterocycles. The van der Waals surface area contributed by atoms with Gasteiger partial charge in [0, 0.05) is 39.3 Å². The summed E-state index contributed by atoms with van der Waals surface area (Å²) >= 11 is 2.23. The number of halogens is 1. The summed E-state index contributed by atoms with van der Waals surface area (Å²) in [7, 11) is 3.18. The van der Waals surface area contributed by atoms with Crippen molar-refractivity contribution in [1.82, 2.24) is 0 Å². The van der Waals surface area contributed by atoms with E-state index in [9.17, 15) is 4.79 Å². The molecule has 0 aromatic carbocycles. The van der Waals surface area contributed by atoms with Gasteiger partial charge in [0.1, 0.15) is 6.10 Å². The molecule has 0 aliphatic heterocycles. The van der Waals surface area contributed by atoms with Gasteiger partial charge in [-0.3, -0.25) is 0 Å². The van der Waals surface area contributed by atoms with Crippen LogP contribution in [0.5, 0.6) is 0 Å². The summed E-state index contributed by atoms with van der Waals surface area (Å²) in [6.07, 6.45) is 4.81. The van der Waals surface area contributed by atoms with Crippen LogP contribution in [0.2, 0.25) is 18.1 Å². The predicted octanol–water partition coefficient (Wildman–Crippen LogP) is 7.79. The van der Waals surface area contributed by atoms with Gasteiger partial charge in [-0.05, 0) is 60.7 Å². The van der Waals surface area contributed by atoms with Crippen LogP contribution in [0.25, 0.3) is 0 Å². The quantitative estimate of drug-likeness (QED) is 0.0853. The van der Waals surface area contributed by atoms with Crippen LogP contribution >= 0.6 is 22.6 Å². The maximum Gasteiger partial charge on any atom is 0.335 e. The molecule has 0 aromatic heterocycles. The zero-order valence-corrected chi connectivity index (χ0v) is 29.1. The minimum atomic E-state index is -1.87. The molecule has 0 aliphatic carbocycles. The van der Waals surface area contributed by atoms with Crippen molar-refractivity contribution in [2.24, 2.45) is 17.8 Å². The van der Waals surface area contributed by atoms with Crippen molar-refractivity contribution in [2.75, 3.05) is 21.3 Å². The maximum atomic E-state index is 12.7. The molecule has 0 saturated carbocycles. The van der Waals surface area contributed by atoms with E-state index in [1.54, 1.807) is 21.1 Å². The van der Waals surface area contributed by atoms with Crippen LogP contribution in [0, 0.1) is 17.8 Å². The molecule has 37 heavy (non-hydrogen) atoms. The third kappa shape index (κ3) is 12.4. The van der Waals surface area contributed by atoms with Crippen LogP contribution < -0.4 is 0 Å². The second kappa shape index (κ2) is 17.6. The fraction of sp³-hybridized carbons (Fsp3) is 0.897. The molecule has 0 spiro atoms. The lowest BCUT2D eigenvalue weighted by Gasteiger charge is -2.40. The number of esters is 1. The molecule has 220 valence electrons. The molecule has 0 fully saturated rings. The van der Waals surface area contributed by atoms with Gasteiger partial charge in [-0.25, -0.2) is 4.79 Å². The highest BCUT2D eigenvalue weighted by molar-refractivity contribution is 14.1. The van der Waals surface area contributed by atoms with Gasteiger partial charge in [0.25, 0.3) is 0 Å². The van der Waals surface area contributed by atoms with E-state index in [2.05, 4.69) is 90.2 Å². The second-order valence-electron chi connectivity index (χ2n) is 12.1. The zero-order valence-electron chi connectivity index (χ0n) is 25.9. The van der Waals surface area contributed by atoms with Crippen molar-refractivity contribution in [2.45, 2.75) is 130 Å². The SMILES string of the molecule is CC[C@H](C[C@H](OC)[C@@H](C)CCC(OC(=O)[C@@H](C)OC)[C@H](C)[C@H](OC)[C@H](C)/C=C/I)O[Si](C)(C)C(C)(C)C. The lowest BCUT2D eigenvalue weighted by molar-refractivity contribution is -0.166. The van der Waals surface area contributed by atoms with E-state index in [1.165, 1.54) is 7.11 Å². The van der Waals surface area contributed by atoms with Crippen LogP contribution in [0.3, 0.4) is 0 Å². The average molecular weight is 657 g/mol. The molecular weight excluding hydrogens is 599 g/mol. The summed E-state index contributed by atoms with van der Waals surface area (Å²) < 4.78 is 31.8. The van der Waals surface area contributed by atoms with E-state index in [4.69, 9.17) is 23.4 Å². The average Bonchev–Trinajstić information content (AvgIpc) is 2.82. The van der Waals surface area contributed by atoms with E-state index >= 15 is 0 Å². The monoisotopic (exact) mass is 656 g/mol. The lowest BCUT2D eigenvalue weighted by atomic mass is 9.84. The van der Waals surface area contributed by atoms with Crippen LogP contribution in [0.15, 0.2) is 10.2 Å². The van der Waals surface area contributed by atoms with E-state index < -0.39 is 14.4 Å². The molecule has 8 atom stereocenters. The number of rotatable bonds is 18. The molecule has 8 heteroatoms. The molecule has 0 aromatic rings. The first-order chi connectivity index (χ1) is 17.1. The van der Waals surface area contributed by atoms with Gasteiger partial charge in [0.15, 0.2) is 14.4 Å². The van der Waals surface area contributed by atoms with Crippen molar-refractivity contribution in [3.63, 3.8) is 0 Å². The predicted molar refractivity (Wildman–Crippen MR) is 165 cm³/mol. The summed E-state index contributed by atoms with van der Waals surface area (Å²) in [5.74, 6) is 0.151. The number of ether oxygens (including phenoxy) is 4. The highest BCUT2D eigenvalue weighted by Crippen LogP contribution is 2.38. The Morgan fingerprint density at radius 2 is 1.54 bits per heavy atom. The normalized spacial score (nSPS) is 19.6. The molecule has 0 amide bonds. The number of carbonyl (C=O) groups excluding carboxylic acids is 1. The van der Waals surface area contributed by atoms with Gasteiger partial charge in [-0.2, -0.15) is 0 Å². The number of hydrogen-bond acceptors (Lipinski definition) is 6. The Labute approximate surface area is 243 Å². The molecular formula is C29H57IO6Si. The lowest BCUT2D eigenvalue weighted by Crippen LogP contribution is -2.45. The van der Waals surface area contributed by atoms with Crippen molar-refractivity contribution in [3.8, 4) is 0 Å². The van der Waals surface area contributed by atoms with Crippen LogP contribution in [-0.4, -0.2) is 66.1 Å². The number of hydrogen-bond donors (Lipinski definition) is 0. The number of carbonyl (C=O) groups is 1. The van der Waals surface area contributed by atoms with Gasteiger partial charge in [-0.15, -0.1) is 0 Å². The van der Waals surface area contributed by atoms with Gasteiger partial charge in [0.05, 0.1) is 12.2 Å². The molecule has 1 unspecified atom stereocenters. The minimum Gasteiger partial charge on any atom is -0.460 e. The Bertz CT molecular complexity index is 665. The molecule has 0 rings (SSSR count). The van der Waals surface area contributed by atoms with E-state index in [0.717, 1.165) is 25.7 Å². The fourth-order valence-electron chi connectivity index (χ4n) is 4.44. The largest absolute Gasteiger partial charge is 0.460 e. The van der Waals surface area contributed by atoms with Crippen LogP contribution in [-0.2, 0) is 28.2 Å². The summed E-state index contributed by atoms with van der Waals surface area (Å²) in [4.78, 5) is 12.7. The summed E-state index contributed by atoms with van der Waals surface area (Å²) in [5, 5.41) is 0.169. The highest BCUT2D eigenvalue weighted by Gasteiger charge is 2.40. The smallest absolute Gasteiger partial charge is 0.335 e. The van der Waals surface area contributed by atoms with Gasteiger partial charge < -0.3 is 23.4 Å². The fourth-order valence-corrected chi connectivity index (χ4v) is 6.54. The first-order valence-electron chi connectivity index (χ1n) is 13.8. The third-order valence-electron chi connectivity index (χ3n) is 8.29. The molecule has 0 radical (unpaired) electrons. The maximum absolute atomic E-state index is 12.7. The Morgan fingerprint density at radius 1 is 0.946 bits per heavy atom. The Kier molecular flexibility index (Phi) is 17.6. The van der Waals surface area contributed by atoms with E-state index in [-0.39, 0.29) is 53.2 Å². The van der Waals surface area contributed by atoms with Gasteiger partial charge in [0.2, 0.25) is 0 Å². The van der Waals surface area contributed by atoms with E-state index in [1.807, 2.05) is 4.08 Å². The first kappa shape index (κ1) is 37.0. The van der Waals surface area contributed by atoms with Crippen molar-refractivity contribution >= 4 is 36.9 Å². The Morgan fingerprint density at radius 3 is 1.97 bits per heavy atom. The zero-order chi connectivity index (χ0) is 29.0. The van der Waals surface area contributed by atoms with Gasteiger partial charge >= 0.3 is 5.97 Å². The van der Waals surface area contributed by atoms with E-state index in [0.29, 0.717) is 0 Å². The first-order valence-corrected chi connectivity index (χ1v) is 18.0. The molecule has 0 aliphatic rings. The second-order valence-corrected chi connectivity index (χ2v) is 17.5. The Hall–Kier alpha value is -0.00312. The summed E-state index contributed by atoms with van der Waals surface area (Å²) in [5.41, 5.74) is 0. The van der Waals surface area contributed by atoms with Gasteiger partial charge in [-0.1, -0.05) is 77.1 Å². The molecule has 0 N–H and O–H groups in total. The highest BCUT2D eigenvalue weighted by atomic mass is 127. The topological polar surface area (TPSA) is 63.2 Å². The van der Waals surface area contributed by atoms with Crippen LogP contribution in [0.1, 0.15) is 81.1 Å². The Balaban J connectivity index is 5.58. The number of methoxy groups -OCH3 is 3. The molecule has 0 bridgehead atoms. The summed E-state index contributed by atoms with van der Waals surface area (Å²) in [6, 6.07) is 0. The standard InChI is InChI=1S/C29H57IO6Si/c1-14-24(36-37(12,13)29(6,7)8)19-26(33-10)20(2)15-16-25(35-28(31)23(5)32-9)22(4)27(34-11)21(3)17-18-30/h17-18,20-27H,14-16,19H2,1-13H3/b18-17+/t20-,21+,22-,23+,24+,25?,26-,27+/m0/s1. The molecule has 0 heterocycles. The van der Waals surface area contributed by atoms with Crippen molar-refractivity contribution < 1.29 is 28.2 Å².